The third-order valence-electron chi connectivity index (χ3n) is 5.25. The van der Waals surface area contributed by atoms with Crippen LogP contribution in [0.15, 0.2) is 0 Å². The van der Waals surface area contributed by atoms with Crippen LogP contribution < -0.4 is 5.11 Å². The van der Waals surface area contributed by atoms with E-state index in [0.29, 0.717) is 12.8 Å². The second-order valence-corrected chi connectivity index (χ2v) is 8.36. The van der Waals surface area contributed by atoms with E-state index >= 15 is 0 Å². The predicted molar refractivity (Wildman–Crippen MR) is 117 cm³/mol. The van der Waals surface area contributed by atoms with Gasteiger partial charge >= 0.3 is 11.9 Å². The first-order valence-electron chi connectivity index (χ1n) is 12.1. The third kappa shape index (κ3) is 16.7. The number of aliphatic hydroxyl groups is 1. The summed E-state index contributed by atoms with van der Waals surface area (Å²) in [5.74, 6) is -3.56. The lowest BCUT2D eigenvalue weighted by molar-refractivity contribution is -0.309. The van der Waals surface area contributed by atoms with Gasteiger partial charge in [0.25, 0.3) is 0 Å². The second-order valence-electron chi connectivity index (χ2n) is 8.36. The highest BCUT2D eigenvalue weighted by molar-refractivity contribution is 5.89. The molecule has 31 heavy (non-hydrogen) atoms. The molecule has 1 atom stereocenters. The van der Waals surface area contributed by atoms with Gasteiger partial charge in [0.05, 0.1) is 19.6 Å². The van der Waals surface area contributed by atoms with E-state index in [2.05, 4.69) is 13.8 Å². The zero-order chi connectivity index (χ0) is 23.4. The molecule has 1 unspecified atom stereocenters. The Morgan fingerprint density at radius 1 is 0.677 bits per heavy atom. The molecule has 0 aliphatic rings. The minimum Gasteiger partial charge on any atom is -0.550 e. The number of rotatable bonds is 21. The lowest BCUT2D eigenvalue weighted by Gasteiger charge is -2.25. The molecule has 0 spiro atoms. The first kappa shape index (κ1) is 29.4. The Bertz CT molecular complexity index is 492. The third-order valence-corrected chi connectivity index (χ3v) is 5.25. The molecule has 1 N–H and O–H groups in total. The standard InChI is InChI=1S/C24H44O7/c1-3-5-7-9-11-12-14-16-18-31-23(28)24(29,19-21(25)26)20-22(27)30-17-15-13-10-8-6-4-2/h29H,3-20H2,1-2H3,(H,25,26)/p-1. The maximum absolute atomic E-state index is 12.2. The Hall–Kier alpha value is -1.63. The van der Waals surface area contributed by atoms with E-state index in [1.54, 1.807) is 0 Å². The molecule has 7 nitrogen and oxygen atoms in total. The summed E-state index contributed by atoms with van der Waals surface area (Å²) < 4.78 is 10.1. The second kappa shape index (κ2) is 19.1. The predicted octanol–water partition coefficient (Wildman–Crippen LogP) is 3.84. The summed E-state index contributed by atoms with van der Waals surface area (Å²) in [4.78, 5) is 35.2. The van der Waals surface area contributed by atoms with Gasteiger partial charge in [0, 0.05) is 12.4 Å². The Labute approximate surface area is 187 Å². The molecule has 7 heteroatoms. The summed E-state index contributed by atoms with van der Waals surface area (Å²) in [5.41, 5.74) is -2.46. The van der Waals surface area contributed by atoms with Crippen LogP contribution in [0.4, 0.5) is 0 Å². The molecule has 0 amide bonds. The van der Waals surface area contributed by atoms with Gasteiger partial charge in [-0.3, -0.25) is 4.79 Å². The molecule has 0 aromatic carbocycles. The first-order valence-corrected chi connectivity index (χ1v) is 12.1. The van der Waals surface area contributed by atoms with E-state index in [4.69, 9.17) is 9.47 Å². The number of unbranched alkanes of at least 4 members (excludes halogenated alkanes) is 12. The minimum atomic E-state index is -2.46. The Morgan fingerprint density at radius 3 is 1.55 bits per heavy atom. The molecule has 182 valence electrons. The normalized spacial score (nSPS) is 12.9. The van der Waals surface area contributed by atoms with Gasteiger partial charge in [-0.05, 0) is 12.8 Å². The van der Waals surface area contributed by atoms with Crippen LogP contribution in [0.25, 0.3) is 0 Å². The quantitative estimate of drug-likeness (QED) is 0.212. The molecule has 0 saturated carbocycles. The van der Waals surface area contributed by atoms with Crippen LogP contribution in [0.3, 0.4) is 0 Å². The molecule has 0 heterocycles. The Kier molecular flexibility index (Phi) is 18.1. The molecule has 0 aliphatic heterocycles. The topological polar surface area (TPSA) is 113 Å². The number of aliphatic carboxylic acids is 1. The van der Waals surface area contributed by atoms with E-state index in [0.717, 1.165) is 44.9 Å². The highest BCUT2D eigenvalue weighted by Crippen LogP contribution is 2.19. The lowest BCUT2D eigenvalue weighted by Crippen LogP contribution is -2.47. The SMILES string of the molecule is CCCCCCCCCCOC(=O)C(O)(CC(=O)[O-])CC(=O)OCCCCCCCC. The summed E-state index contributed by atoms with van der Waals surface area (Å²) in [7, 11) is 0. The van der Waals surface area contributed by atoms with Crippen molar-refractivity contribution in [3.63, 3.8) is 0 Å². The molecule has 0 fully saturated rings. The molecule has 0 saturated heterocycles. The number of carboxylic acid groups (broad SMARTS) is 1. The molecule has 0 aromatic heterocycles. The number of esters is 2. The summed E-state index contributed by atoms with van der Waals surface area (Å²) >= 11 is 0. The molecular formula is C24H43O7-. The number of hydrogen-bond acceptors (Lipinski definition) is 7. The number of ether oxygens (including phenoxy) is 2. The average Bonchev–Trinajstić information content (AvgIpc) is 2.71. The van der Waals surface area contributed by atoms with Crippen molar-refractivity contribution in [2.75, 3.05) is 13.2 Å². The fourth-order valence-electron chi connectivity index (χ4n) is 3.34. The average molecular weight is 444 g/mol. The van der Waals surface area contributed by atoms with Crippen LogP contribution in [-0.2, 0) is 23.9 Å². The van der Waals surface area contributed by atoms with Gasteiger partial charge in [-0.2, -0.15) is 0 Å². The first-order chi connectivity index (χ1) is 14.9. The van der Waals surface area contributed by atoms with Crippen molar-refractivity contribution in [2.24, 2.45) is 0 Å². The van der Waals surface area contributed by atoms with Crippen LogP contribution in [0.1, 0.15) is 117 Å². The number of carbonyl (C=O) groups is 3. The van der Waals surface area contributed by atoms with Crippen molar-refractivity contribution >= 4 is 17.9 Å². The zero-order valence-corrected chi connectivity index (χ0v) is 19.6. The fraction of sp³-hybridized carbons (Fsp3) is 0.875. The van der Waals surface area contributed by atoms with E-state index in [9.17, 15) is 24.6 Å². The summed E-state index contributed by atoms with van der Waals surface area (Å²) in [6.07, 6.45) is 13.0. The van der Waals surface area contributed by atoms with E-state index in [1.807, 2.05) is 0 Å². The van der Waals surface area contributed by atoms with E-state index < -0.39 is 36.4 Å². The molecule has 0 rings (SSSR count). The van der Waals surface area contributed by atoms with E-state index in [-0.39, 0.29) is 13.2 Å². The van der Waals surface area contributed by atoms with Crippen molar-refractivity contribution in [2.45, 2.75) is 122 Å². The minimum absolute atomic E-state index is 0.0793. The van der Waals surface area contributed by atoms with Crippen LogP contribution in [-0.4, -0.2) is 41.8 Å². The highest BCUT2D eigenvalue weighted by atomic mass is 16.6. The van der Waals surface area contributed by atoms with Crippen molar-refractivity contribution in [1.29, 1.82) is 0 Å². The van der Waals surface area contributed by atoms with Gasteiger partial charge < -0.3 is 24.5 Å². The summed E-state index contributed by atoms with van der Waals surface area (Å²) in [6.45, 7) is 4.57. The van der Waals surface area contributed by atoms with Crippen molar-refractivity contribution in [1.82, 2.24) is 0 Å². The zero-order valence-electron chi connectivity index (χ0n) is 19.6. The van der Waals surface area contributed by atoms with Crippen molar-refractivity contribution in [3.8, 4) is 0 Å². The Balaban J connectivity index is 4.21. The van der Waals surface area contributed by atoms with Crippen LogP contribution in [0, 0.1) is 0 Å². The summed E-state index contributed by atoms with van der Waals surface area (Å²) in [5, 5.41) is 21.4. The fourth-order valence-corrected chi connectivity index (χ4v) is 3.34. The monoisotopic (exact) mass is 443 g/mol. The summed E-state index contributed by atoms with van der Waals surface area (Å²) in [6, 6.07) is 0. The van der Waals surface area contributed by atoms with Gasteiger partial charge in [-0.25, -0.2) is 4.79 Å². The van der Waals surface area contributed by atoms with Crippen molar-refractivity contribution in [3.05, 3.63) is 0 Å². The van der Waals surface area contributed by atoms with Gasteiger partial charge in [-0.15, -0.1) is 0 Å². The highest BCUT2D eigenvalue weighted by Gasteiger charge is 2.40. The molecule has 0 aromatic rings. The molecular weight excluding hydrogens is 400 g/mol. The maximum atomic E-state index is 12.2. The molecule has 0 radical (unpaired) electrons. The van der Waals surface area contributed by atoms with Crippen LogP contribution in [0.2, 0.25) is 0 Å². The lowest BCUT2D eigenvalue weighted by atomic mass is 9.95. The Morgan fingerprint density at radius 2 is 1.10 bits per heavy atom. The molecule has 0 bridgehead atoms. The molecule has 0 aliphatic carbocycles. The largest absolute Gasteiger partial charge is 0.550 e. The smallest absolute Gasteiger partial charge is 0.339 e. The van der Waals surface area contributed by atoms with Gasteiger partial charge in [0.2, 0.25) is 0 Å². The van der Waals surface area contributed by atoms with Gasteiger partial charge in [-0.1, -0.05) is 90.9 Å². The van der Waals surface area contributed by atoms with Gasteiger partial charge in [0.15, 0.2) is 5.60 Å². The van der Waals surface area contributed by atoms with E-state index in [1.165, 1.54) is 32.1 Å². The number of carboxylic acids is 1. The number of carbonyl (C=O) groups excluding carboxylic acids is 3. The van der Waals surface area contributed by atoms with Gasteiger partial charge in [0.1, 0.15) is 0 Å². The maximum Gasteiger partial charge on any atom is 0.339 e. The van der Waals surface area contributed by atoms with Crippen LogP contribution in [0.5, 0.6) is 0 Å². The number of hydrogen-bond donors (Lipinski definition) is 1. The van der Waals surface area contributed by atoms with Crippen molar-refractivity contribution < 1.29 is 34.1 Å². The van der Waals surface area contributed by atoms with Crippen LogP contribution >= 0.6 is 0 Å².